The molecule has 3 rings (SSSR count). The number of hydrogen-bond donors (Lipinski definition) is 1. The minimum Gasteiger partial charge on any atom is -0.476 e. The number of thioether (sulfide) groups is 1. The minimum absolute atomic E-state index is 0.0793. The van der Waals surface area contributed by atoms with Crippen molar-refractivity contribution in [3.63, 3.8) is 0 Å². The molecule has 0 radical (unpaired) electrons. The molecule has 1 heterocycles. The average molecular weight is 425 g/mol. The molecule has 1 atom stereocenters. The normalized spacial score (nSPS) is 16.2. The van der Waals surface area contributed by atoms with Gasteiger partial charge in [-0.2, -0.15) is 11.8 Å². The van der Waals surface area contributed by atoms with E-state index in [1.165, 1.54) is 22.1 Å². The van der Waals surface area contributed by atoms with Crippen LogP contribution in [-0.4, -0.2) is 45.5 Å². The molecule has 0 bridgehead atoms. The van der Waals surface area contributed by atoms with Crippen LogP contribution in [0.5, 0.6) is 5.75 Å². The summed E-state index contributed by atoms with van der Waals surface area (Å²) in [5, 5.41) is 2.76. The van der Waals surface area contributed by atoms with E-state index < -0.39 is 16.1 Å². The number of nitrogens with zero attached hydrogens (tertiary/aromatic N) is 1. The highest BCUT2D eigenvalue weighted by Gasteiger charge is 2.34. The van der Waals surface area contributed by atoms with Crippen molar-refractivity contribution in [3.05, 3.63) is 59.9 Å². The van der Waals surface area contributed by atoms with Crippen LogP contribution >= 0.6 is 11.8 Å². The van der Waals surface area contributed by atoms with Gasteiger partial charge in [-0.1, -0.05) is 30.3 Å². The monoisotopic (exact) mass is 424 g/mol. The second-order valence-corrected chi connectivity index (χ2v) is 9.32. The number of carbonyl (C=O) groups excluding carboxylic acids is 1. The Morgan fingerprint density at radius 1 is 1.25 bits per heavy atom. The molecule has 1 aliphatic heterocycles. The second kappa shape index (κ2) is 8.83. The van der Waals surface area contributed by atoms with Gasteiger partial charge in [0.2, 0.25) is 10.0 Å². The van der Waals surface area contributed by atoms with Crippen molar-refractivity contribution in [2.45, 2.75) is 11.9 Å². The van der Waals surface area contributed by atoms with Gasteiger partial charge >= 0.3 is 0 Å². The van der Waals surface area contributed by atoms with Gasteiger partial charge in [0.05, 0.1) is 18.5 Å². The Kier molecular flexibility index (Phi) is 6.46. The maximum absolute atomic E-state index is 13.6. The third kappa shape index (κ3) is 4.96. The summed E-state index contributed by atoms with van der Waals surface area (Å²) in [5.74, 6) is 0.841. The number of carbonyl (C=O) groups is 1. The summed E-state index contributed by atoms with van der Waals surface area (Å²) in [4.78, 5) is 12.4. The number of amides is 1. The summed E-state index contributed by atoms with van der Waals surface area (Å²) in [6, 6.07) is 13.3. The number of ether oxygens (including phenoxy) is 1. The van der Waals surface area contributed by atoms with Crippen LogP contribution in [0.15, 0.2) is 48.5 Å². The van der Waals surface area contributed by atoms with Crippen molar-refractivity contribution in [2.24, 2.45) is 0 Å². The molecule has 0 aliphatic carbocycles. The van der Waals surface area contributed by atoms with Gasteiger partial charge in [0.25, 0.3) is 5.91 Å². The number of sulfonamides is 1. The average Bonchev–Trinajstić information content (AvgIpc) is 2.67. The van der Waals surface area contributed by atoms with Crippen LogP contribution in [0, 0.1) is 5.82 Å². The van der Waals surface area contributed by atoms with E-state index in [4.69, 9.17) is 4.74 Å². The van der Waals surface area contributed by atoms with Gasteiger partial charge in [-0.05, 0) is 23.8 Å². The van der Waals surface area contributed by atoms with Crippen molar-refractivity contribution in [3.8, 4) is 5.75 Å². The predicted molar refractivity (Wildman–Crippen MR) is 109 cm³/mol. The number of rotatable bonds is 7. The fourth-order valence-corrected chi connectivity index (χ4v) is 4.57. The van der Waals surface area contributed by atoms with Crippen molar-refractivity contribution in [1.29, 1.82) is 0 Å². The number of halogens is 1. The third-order valence-corrected chi connectivity index (χ3v) is 6.34. The largest absolute Gasteiger partial charge is 0.476 e. The zero-order valence-corrected chi connectivity index (χ0v) is 16.9. The fraction of sp³-hybridized carbons (Fsp3) is 0.316. The van der Waals surface area contributed by atoms with Crippen molar-refractivity contribution in [1.82, 2.24) is 5.32 Å². The van der Waals surface area contributed by atoms with Crippen molar-refractivity contribution in [2.75, 3.05) is 29.4 Å². The first-order valence-corrected chi connectivity index (χ1v) is 11.7. The van der Waals surface area contributed by atoms with Crippen LogP contribution in [0.2, 0.25) is 0 Å². The molecule has 0 saturated heterocycles. The molecule has 0 unspecified atom stereocenters. The van der Waals surface area contributed by atoms with Crippen LogP contribution in [-0.2, 0) is 20.6 Å². The number of anilines is 1. The molecule has 0 spiro atoms. The highest BCUT2D eigenvalue weighted by Crippen LogP contribution is 2.34. The molecule has 1 aliphatic rings. The van der Waals surface area contributed by atoms with Gasteiger partial charge in [-0.25, -0.2) is 12.8 Å². The number of fused-ring (bicyclic) bond motifs is 1. The zero-order valence-electron chi connectivity index (χ0n) is 15.3. The molecule has 9 heteroatoms. The fourth-order valence-electron chi connectivity index (χ4n) is 2.81. The van der Waals surface area contributed by atoms with E-state index in [-0.39, 0.29) is 18.3 Å². The first-order valence-electron chi connectivity index (χ1n) is 8.68. The molecule has 0 aromatic heterocycles. The van der Waals surface area contributed by atoms with E-state index in [1.54, 1.807) is 42.5 Å². The summed E-state index contributed by atoms with van der Waals surface area (Å²) in [7, 11) is -3.54. The lowest BCUT2D eigenvalue weighted by molar-refractivity contribution is -0.127. The van der Waals surface area contributed by atoms with Crippen LogP contribution in [0.1, 0.15) is 5.56 Å². The minimum atomic E-state index is -3.54. The first kappa shape index (κ1) is 20.5. The standard InChI is InChI=1S/C19H21FN2O4S2/c1-28(24,25)22-12-18(26-17-9-5-4-8-16(17)22)19(23)21-10-11-27-13-14-6-2-3-7-15(14)20/h2-9,18H,10-13H2,1H3,(H,21,23)/t18-/m0/s1. The molecule has 1 N–H and O–H groups in total. The number of benzene rings is 2. The third-order valence-electron chi connectivity index (χ3n) is 4.19. The van der Waals surface area contributed by atoms with E-state index in [9.17, 15) is 17.6 Å². The molecule has 6 nitrogen and oxygen atoms in total. The summed E-state index contributed by atoms with van der Waals surface area (Å²) in [6.45, 7) is 0.294. The molecule has 2 aromatic rings. The lowest BCUT2D eigenvalue weighted by atomic mass is 10.2. The van der Waals surface area contributed by atoms with Gasteiger partial charge in [-0.15, -0.1) is 0 Å². The molecule has 150 valence electrons. The second-order valence-electron chi connectivity index (χ2n) is 6.30. The molecule has 0 fully saturated rings. The Balaban J connectivity index is 1.53. The zero-order chi connectivity index (χ0) is 20.1. The summed E-state index contributed by atoms with van der Waals surface area (Å²) >= 11 is 1.50. The molecule has 28 heavy (non-hydrogen) atoms. The van der Waals surface area contributed by atoms with Gasteiger partial charge < -0.3 is 10.1 Å². The Hall–Kier alpha value is -2.26. The smallest absolute Gasteiger partial charge is 0.263 e. The van der Waals surface area contributed by atoms with Crippen LogP contribution in [0.4, 0.5) is 10.1 Å². The SMILES string of the molecule is CS(=O)(=O)N1C[C@@H](C(=O)NCCSCc2ccccc2F)Oc2ccccc21. The summed E-state index contributed by atoms with van der Waals surface area (Å²) < 4.78 is 44.6. The van der Waals surface area contributed by atoms with Gasteiger partial charge in [0.1, 0.15) is 11.6 Å². The quantitative estimate of drug-likeness (QED) is 0.691. The van der Waals surface area contributed by atoms with Gasteiger partial charge in [0.15, 0.2) is 6.10 Å². The highest BCUT2D eigenvalue weighted by molar-refractivity contribution is 7.98. The van der Waals surface area contributed by atoms with E-state index in [0.717, 1.165) is 6.26 Å². The molecular formula is C19H21FN2O4S2. The first-order chi connectivity index (χ1) is 13.4. The Labute approximate surface area is 168 Å². The Bertz CT molecular complexity index is 952. The molecule has 2 aromatic carbocycles. The highest BCUT2D eigenvalue weighted by atomic mass is 32.2. The maximum atomic E-state index is 13.6. The van der Waals surface area contributed by atoms with Gasteiger partial charge in [-0.3, -0.25) is 9.10 Å². The van der Waals surface area contributed by atoms with Crippen molar-refractivity contribution < 1.29 is 22.3 Å². The van der Waals surface area contributed by atoms with Gasteiger partial charge in [0, 0.05) is 18.1 Å². The number of hydrogen-bond acceptors (Lipinski definition) is 5. The van der Waals surface area contributed by atoms with Crippen LogP contribution in [0.3, 0.4) is 0 Å². The Morgan fingerprint density at radius 3 is 2.71 bits per heavy atom. The van der Waals surface area contributed by atoms with E-state index in [1.807, 2.05) is 0 Å². The van der Waals surface area contributed by atoms with Crippen molar-refractivity contribution >= 4 is 33.4 Å². The summed E-state index contributed by atoms with van der Waals surface area (Å²) in [5.41, 5.74) is 1.05. The summed E-state index contributed by atoms with van der Waals surface area (Å²) in [6.07, 6.45) is 0.171. The lowest BCUT2D eigenvalue weighted by Gasteiger charge is -2.33. The van der Waals surface area contributed by atoms with Crippen LogP contribution < -0.4 is 14.4 Å². The van der Waals surface area contributed by atoms with Crippen LogP contribution in [0.25, 0.3) is 0 Å². The van der Waals surface area contributed by atoms with E-state index in [2.05, 4.69) is 5.32 Å². The maximum Gasteiger partial charge on any atom is 0.263 e. The number of para-hydroxylation sites is 2. The number of nitrogens with one attached hydrogen (secondary N) is 1. The Morgan fingerprint density at radius 2 is 1.96 bits per heavy atom. The molecular weight excluding hydrogens is 403 g/mol. The lowest BCUT2D eigenvalue weighted by Crippen LogP contribution is -2.50. The predicted octanol–water partition coefficient (Wildman–Crippen LogP) is 2.40. The molecule has 1 amide bonds. The van der Waals surface area contributed by atoms with E-state index >= 15 is 0 Å². The molecule has 0 saturated carbocycles. The van der Waals surface area contributed by atoms with E-state index in [0.29, 0.717) is 35.1 Å². The topological polar surface area (TPSA) is 75.7 Å².